The van der Waals surface area contributed by atoms with E-state index in [-0.39, 0.29) is 12.0 Å². The number of rotatable bonds is 3. The SMILES string of the molecule is CSC(C)(C)c1nn(-c2c(F)cc(C(F)(F)F)cc2Cl)c(=O)o1. The van der Waals surface area contributed by atoms with E-state index in [4.69, 9.17) is 16.0 Å². The predicted octanol–water partition coefficient (Wildman–Crippen LogP) is 4.23. The molecule has 0 aliphatic rings. The monoisotopic (exact) mass is 370 g/mol. The van der Waals surface area contributed by atoms with Gasteiger partial charge in [-0.25, -0.2) is 9.18 Å². The molecule has 0 unspecified atom stereocenters. The standard InChI is InChI=1S/C13H11ClF4N2O2S/c1-12(2,23-3)10-19-20(11(21)22-10)9-7(14)4-6(5-8(9)15)13(16,17)18/h4-5H,1-3H3. The predicted molar refractivity (Wildman–Crippen MR) is 78.6 cm³/mol. The van der Waals surface area contributed by atoms with Crippen LogP contribution in [0, 0.1) is 5.82 Å². The van der Waals surface area contributed by atoms with E-state index >= 15 is 0 Å². The molecule has 0 bridgehead atoms. The molecular formula is C13H11ClF4N2O2S. The summed E-state index contributed by atoms with van der Waals surface area (Å²) in [5.41, 5.74) is -1.85. The summed E-state index contributed by atoms with van der Waals surface area (Å²) in [7, 11) is 0. The van der Waals surface area contributed by atoms with Crippen molar-refractivity contribution in [1.82, 2.24) is 9.78 Å². The lowest BCUT2D eigenvalue weighted by molar-refractivity contribution is -0.137. The van der Waals surface area contributed by atoms with Gasteiger partial charge in [-0.2, -0.15) is 17.9 Å². The van der Waals surface area contributed by atoms with Crippen LogP contribution in [0.2, 0.25) is 5.02 Å². The smallest absolute Gasteiger partial charge is 0.391 e. The number of aromatic nitrogens is 2. The van der Waals surface area contributed by atoms with Crippen molar-refractivity contribution in [3.63, 3.8) is 0 Å². The molecule has 0 spiro atoms. The normalized spacial score (nSPS) is 12.7. The second-order valence-electron chi connectivity index (χ2n) is 5.09. The second kappa shape index (κ2) is 5.86. The molecule has 2 rings (SSSR count). The van der Waals surface area contributed by atoms with Crippen LogP contribution in [0.15, 0.2) is 21.3 Å². The molecule has 0 atom stereocenters. The van der Waals surface area contributed by atoms with Crippen LogP contribution in [0.1, 0.15) is 25.3 Å². The Bertz CT molecular complexity index is 775. The molecule has 1 aromatic carbocycles. The number of hydrogen-bond acceptors (Lipinski definition) is 4. The number of benzene rings is 1. The summed E-state index contributed by atoms with van der Waals surface area (Å²) in [5, 5.41) is 3.25. The fourth-order valence-corrected chi connectivity index (χ4v) is 2.23. The summed E-state index contributed by atoms with van der Waals surface area (Å²) in [6, 6.07) is 0.780. The number of thioether (sulfide) groups is 1. The van der Waals surface area contributed by atoms with Gasteiger partial charge in [0.2, 0.25) is 5.89 Å². The fourth-order valence-electron chi connectivity index (χ4n) is 1.68. The van der Waals surface area contributed by atoms with E-state index in [1.807, 2.05) is 0 Å². The van der Waals surface area contributed by atoms with E-state index in [0.717, 1.165) is 0 Å². The van der Waals surface area contributed by atoms with Crippen LogP contribution < -0.4 is 5.76 Å². The minimum Gasteiger partial charge on any atom is -0.391 e. The molecule has 0 aliphatic carbocycles. The Kier molecular flexibility index (Phi) is 4.55. The van der Waals surface area contributed by atoms with E-state index in [0.29, 0.717) is 10.7 Å². The van der Waals surface area contributed by atoms with E-state index in [2.05, 4.69) is 5.10 Å². The molecule has 23 heavy (non-hydrogen) atoms. The number of alkyl halides is 3. The lowest BCUT2D eigenvalue weighted by Crippen LogP contribution is -2.17. The van der Waals surface area contributed by atoms with Crippen molar-refractivity contribution >= 4 is 23.4 Å². The molecule has 0 N–H and O–H groups in total. The minimum atomic E-state index is -4.76. The molecule has 0 fully saturated rings. The van der Waals surface area contributed by atoms with Crippen LogP contribution in [0.3, 0.4) is 0 Å². The first kappa shape index (κ1) is 17.9. The van der Waals surface area contributed by atoms with E-state index in [9.17, 15) is 22.4 Å². The molecule has 0 saturated heterocycles. The number of halogens is 5. The highest BCUT2D eigenvalue weighted by Crippen LogP contribution is 2.35. The molecule has 4 nitrogen and oxygen atoms in total. The number of nitrogens with zero attached hydrogens (tertiary/aromatic N) is 2. The van der Waals surface area contributed by atoms with Crippen molar-refractivity contribution in [2.45, 2.75) is 24.8 Å². The summed E-state index contributed by atoms with van der Waals surface area (Å²) >= 11 is 7.05. The molecule has 0 amide bonds. The maximum absolute atomic E-state index is 14.1. The summed E-state index contributed by atoms with van der Waals surface area (Å²) in [6.45, 7) is 3.44. The highest BCUT2D eigenvalue weighted by molar-refractivity contribution is 7.99. The minimum absolute atomic E-state index is 0.00497. The lowest BCUT2D eigenvalue weighted by Gasteiger charge is -2.15. The van der Waals surface area contributed by atoms with Gasteiger partial charge in [0.25, 0.3) is 0 Å². The van der Waals surface area contributed by atoms with Crippen LogP contribution in [0.5, 0.6) is 0 Å². The molecule has 0 saturated carbocycles. The van der Waals surface area contributed by atoms with Gasteiger partial charge in [0.15, 0.2) is 5.82 Å². The molecule has 2 aromatic rings. The molecule has 10 heteroatoms. The second-order valence-corrected chi connectivity index (χ2v) is 6.92. The maximum Gasteiger partial charge on any atom is 0.442 e. The fraction of sp³-hybridized carbons (Fsp3) is 0.385. The van der Waals surface area contributed by atoms with Gasteiger partial charge in [-0.3, -0.25) is 0 Å². The van der Waals surface area contributed by atoms with Crippen LogP contribution >= 0.6 is 23.4 Å². The Labute approximate surface area is 137 Å². The van der Waals surface area contributed by atoms with E-state index < -0.39 is 38.8 Å². The van der Waals surface area contributed by atoms with Crippen molar-refractivity contribution in [3.05, 3.63) is 45.0 Å². The van der Waals surface area contributed by atoms with Gasteiger partial charge in [-0.1, -0.05) is 11.6 Å². The lowest BCUT2D eigenvalue weighted by atomic mass is 10.2. The topological polar surface area (TPSA) is 48.0 Å². The Balaban J connectivity index is 2.63. The summed E-state index contributed by atoms with van der Waals surface area (Å²) in [4.78, 5) is 11.9. The van der Waals surface area contributed by atoms with Gasteiger partial charge in [0.1, 0.15) is 5.69 Å². The molecule has 0 radical (unpaired) electrons. The van der Waals surface area contributed by atoms with Crippen LogP contribution in [-0.2, 0) is 10.9 Å². The third-order valence-corrected chi connectivity index (χ3v) is 4.61. The zero-order valence-electron chi connectivity index (χ0n) is 12.2. The highest BCUT2D eigenvalue weighted by Gasteiger charge is 2.34. The van der Waals surface area contributed by atoms with Gasteiger partial charge in [0, 0.05) is 0 Å². The Morgan fingerprint density at radius 3 is 2.39 bits per heavy atom. The van der Waals surface area contributed by atoms with Gasteiger partial charge in [0.05, 0.1) is 15.3 Å². The van der Waals surface area contributed by atoms with E-state index in [1.165, 1.54) is 11.8 Å². The molecular weight excluding hydrogens is 360 g/mol. The third-order valence-electron chi connectivity index (χ3n) is 3.13. The van der Waals surface area contributed by atoms with Gasteiger partial charge in [-0.15, -0.1) is 16.9 Å². The molecule has 126 valence electrons. The zero-order chi connectivity index (χ0) is 17.6. The van der Waals surface area contributed by atoms with Crippen molar-refractivity contribution in [3.8, 4) is 5.69 Å². The summed E-state index contributed by atoms with van der Waals surface area (Å²) < 4.78 is 56.8. The molecule has 1 heterocycles. The molecule has 0 aliphatic heterocycles. The summed E-state index contributed by atoms with van der Waals surface area (Å²) in [5.74, 6) is -2.36. The van der Waals surface area contributed by atoms with Crippen LogP contribution in [0.25, 0.3) is 5.69 Å². The van der Waals surface area contributed by atoms with Crippen molar-refractivity contribution < 1.29 is 22.0 Å². The maximum atomic E-state index is 14.1. The van der Waals surface area contributed by atoms with Crippen LogP contribution in [0.4, 0.5) is 17.6 Å². The quantitative estimate of drug-likeness (QED) is 0.758. The van der Waals surface area contributed by atoms with Gasteiger partial charge < -0.3 is 4.42 Å². The highest BCUT2D eigenvalue weighted by atomic mass is 35.5. The third kappa shape index (κ3) is 3.40. The average molecular weight is 371 g/mol. The van der Waals surface area contributed by atoms with Crippen molar-refractivity contribution in [2.75, 3.05) is 6.26 Å². The first-order chi connectivity index (χ1) is 10.5. The number of hydrogen-bond donors (Lipinski definition) is 0. The zero-order valence-corrected chi connectivity index (χ0v) is 13.7. The summed E-state index contributed by atoms with van der Waals surface area (Å²) in [6.07, 6.45) is -3.01. The first-order valence-corrected chi connectivity index (χ1v) is 7.80. The first-order valence-electron chi connectivity index (χ1n) is 6.20. The van der Waals surface area contributed by atoms with Crippen molar-refractivity contribution in [2.24, 2.45) is 0 Å². The largest absolute Gasteiger partial charge is 0.442 e. The Morgan fingerprint density at radius 2 is 1.91 bits per heavy atom. The van der Waals surface area contributed by atoms with E-state index in [1.54, 1.807) is 20.1 Å². The van der Waals surface area contributed by atoms with Gasteiger partial charge in [-0.05, 0) is 32.2 Å². The average Bonchev–Trinajstić information content (AvgIpc) is 2.80. The van der Waals surface area contributed by atoms with Gasteiger partial charge >= 0.3 is 11.9 Å². The van der Waals surface area contributed by atoms with Crippen molar-refractivity contribution in [1.29, 1.82) is 0 Å². The Morgan fingerprint density at radius 1 is 1.30 bits per heavy atom. The Hall–Kier alpha value is -1.48. The van der Waals surface area contributed by atoms with Crippen LogP contribution in [-0.4, -0.2) is 16.0 Å². The molecule has 1 aromatic heterocycles.